The van der Waals surface area contributed by atoms with Gasteiger partial charge in [-0.25, -0.2) is 0 Å². The number of hydrogen-bond donors (Lipinski definition) is 1. The van der Waals surface area contributed by atoms with Crippen molar-refractivity contribution in [2.75, 3.05) is 0 Å². The molecule has 0 radical (unpaired) electrons. The molecule has 0 saturated heterocycles. The van der Waals surface area contributed by atoms with Crippen molar-refractivity contribution in [3.63, 3.8) is 0 Å². The van der Waals surface area contributed by atoms with Crippen LogP contribution in [0, 0.1) is 5.41 Å². The van der Waals surface area contributed by atoms with Gasteiger partial charge in [-0.05, 0) is 25.5 Å². The Morgan fingerprint density at radius 3 is 2.36 bits per heavy atom. The van der Waals surface area contributed by atoms with Crippen LogP contribution >= 0.6 is 0 Å². The van der Waals surface area contributed by atoms with Gasteiger partial charge in [0.15, 0.2) is 5.78 Å². The third-order valence-corrected chi connectivity index (χ3v) is 2.06. The second kappa shape index (κ2) is 2.18. The average Bonchev–Trinajstić information content (AvgIpc) is 1.77. The maximum Gasteiger partial charge on any atom is 0.161 e. The quantitative estimate of drug-likeness (QED) is 0.571. The number of carbonyl (C=O) groups is 1. The van der Waals surface area contributed by atoms with E-state index in [2.05, 4.69) is 0 Å². The highest BCUT2D eigenvalue weighted by molar-refractivity contribution is 5.95. The second-order valence-corrected chi connectivity index (χ2v) is 4.12. The predicted octanol–water partition coefficient (Wildman–Crippen LogP) is 1.29. The molecule has 0 bridgehead atoms. The van der Waals surface area contributed by atoms with Crippen LogP contribution in [-0.2, 0) is 4.79 Å². The molecule has 0 aliphatic heterocycles. The minimum Gasteiger partial charge on any atom is -0.386 e. The molecule has 0 heterocycles. The molecule has 1 aliphatic rings. The third-order valence-electron chi connectivity index (χ3n) is 2.06. The first-order valence-corrected chi connectivity index (χ1v) is 3.80. The molecule has 1 atom stereocenters. The summed E-state index contributed by atoms with van der Waals surface area (Å²) in [7, 11) is 0. The predicted molar refractivity (Wildman–Crippen MR) is 43.2 cm³/mol. The summed E-state index contributed by atoms with van der Waals surface area (Å²) in [5, 5.41) is 9.59. The molecular formula is C9H14O2. The van der Waals surface area contributed by atoms with E-state index in [1.165, 1.54) is 6.08 Å². The lowest BCUT2D eigenvalue weighted by atomic mass is 9.74. The van der Waals surface area contributed by atoms with Crippen LogP contribution in [0.4, 0.5) is 0 Å². The number of rotatable bonds is 0. The van der Waals surface area contributed by atoms with E-state index in [1.54, 1.807) is 13.0 Å². The molecule has 62 valence electrons. The number of hydrogen-bond acceptors (Lipinski definition) is 2. The maximum atomic E-state index is 11.2. The summed E-state index contributed by atoms with van der Waals surface area (Å²) in [6.07, 6.45) is 3.55. The van der Waals surface area contributed by atoms with Gasteiger partial charge in [-0.3, -0.25) is 4.79 Å². The lowest BCUT2D eigenvalue weighted by Gasteiger charge is -2.33. The molecule has 2 nitrogen and oxygen atoms in total. The fourth-order valence-electron chi connectivity index (χ4n) is 1.52. The molecule has 2 heteroatoms. The van der Waals surface area contributed by atoms with Gasteiger partial charge in [0.05, 0.1) is 5.60 Å². The fraction of sp³-hybridized carbons (Fsp3) is 0.667. The Labute approximate surface area is 66.9 Å². The first kappa shape index (κ1) is 8.47. The summed E-state index contributed by atoms with van der Waals surface area (Å²) in [6, 6.07) is 0. The van der Waals surface area contributed by atoms with Crippen molar-refractivity contribution >= 4 is 5.78 Å². The molecule has 1 aliphatic carbocycles. The van der Waals surface area contributed by atoms with Crippen LogP contribution < -0.4 is 0 Å². The lowest BCUT2D eigenvalue weighted by Crippen LogP contribution is -2.38. The molecule has 1 rings (SSSR count). The SMILES string of the molecule is CC1(O)C=CC(=O)C(C)(C)C1. The van der Waals surface area contributed by atoms with Crippen LogP contribution in [0.15, 0.2) is 12.2 Å². The largest absolute Gasteiger partial charge is 0.386 e. The minimum atomic E-state index is -0.808. The van der Waals surface area contributed by atoms with Gasteiger partial charge >= 0.3 is 0 Å². The summed E-state index contributed by atoms with van der Waals surface area (Å²) in [4.78, 5) is 11.2. The summed E-state index contributed by atoms with van der Waals surface area (Å²) in [5.74, 6) is 0.101. The van der Waals surface area contributed by atoms with E-state index in [4.69, 9.17) is 0 Å². The normalized spacial score (nSPS) is 35.8. The second-order valence-electron chi connectivity index (χ2n) is 4.12. The summed E-state index contributed by atoms with van der Waals surface area (Å²) >= 11 is 0. The number of allylic oxidation sites excluding steroid dienone is 1. The lowest BCUT2D eigenvalue weighted by molar-refractivity contribution is -0.126. The standard InChI is InChI=1S/C9H14O2/c1-8(2)6-9(3,11)5-4-7(8)10/h4-5,11H,6H2,1-3H3. The van der Waals surface area contributed by atoms with Crippen molar-refractivity contribution in [2.45, 2.75) is 32.8 Å². The van der Waals surface area contributed by atoms with E-state index in [0.717, 1.165) is 0 Å². The fourth-order valence-corrected chi connectivity index (χ4v) is 1.52. The number of aliphatic hydroxyl groups is 1. The van der Waals surface area contributed by atoms with Crippen LogP contribution in [-0.4, -0.2) is 16.5 Å². The van der Waals surface area contributed by atoms with E-state index < -0.39 is 11.0 Å². The Bertz CT molecular complexity index is 212. The van der Waals surface area contributed by atoms with Crippen LogP contribution in [0.1, 0.15) is 27.2 Å². The summed E-state index contributed by atoms with van der Waals surface area (Å²) in [6.45, 7) is 5.43. The van der Waals surface area contributed by atoms with Crippen molar-refractivity contribution in [3.8, 4) is 0 Å². The van der Waals surface area contributed by atoms with E-state index in [0.29, 0.717) is 6.42 Å². The van der Waals surface area contributed by atoms with E-state index in [-0.39, 0.29) is 5.78 Å². The molecule has 0 saturated carbocycles. The Kier molecular flexibility index (Phi) is 1.67. The zero-order chi connectivity index (χ0) is 8.70. The van der Waals surface area contributed by atoms with Gasteiger partial charge in [-0.15, -0.1) is 0 Å². The molecule has 0 amide bonds. The number of carbonyl (C=O) groups excluding carboxylic acids is 1. The highest BCUT2D eigenvalue weighted by Gasteiger charge is 2.36. The molecule has 0 spiro atoms. The van der Waals surface area contributed by atoms with Gasteiger partial charge in [0, 0.05) is 5.41 Å². The highest BCUT2D eigenvalue weighted by atomic mass is 16.3. The average molecular weight is 154 g/mol. The van der Waals surface area contributed by atoms with E-state index >= 15 is 0 Å². The Morgan fingerprint density at radius 1 is 1.45 bits per heavy atom. The molecule has 0 aromatic rings. The van der Waals surface area contributed by atoms with Gasteiger partial charge in [-0.2, -0.15) is 0 Å². The Balaban J connectivity index is 2.94. The Hall–Kier alpha value is -0.630. The van der Waals surface area contributed by atoms with Gasteiger partial charge < -0.3 is 5.11 Å². The molecule has 0 aromatic heterocycles. The summed E-state index contributed by atoms with van der Waals surface area (Å²) in [5.41, 5.74) is -1.21. The van der Waals surface area contributed by atoms with Gasteiger partial charge in [0.1, 0.15) is 0 Å². The molecule has 0 aromatic carbocycles. The van der Waals surface area contributed by atoms with Crippen molar-refractivity contribution in [1.82, 2.24) is 0 Å². The zero-order valence-electron chi connectivity index (χ0n) is 7.22. The van der Waals surface area contributed by atoms with Crippen LogP contribution in [0.25, 0.3) is 0 Å². The van der Waals surface area contributed by atoms with Crippen LogP contribution in [0.3, 0.4) is 0 Å². The minimum absolute atomic E-state index is 0.101. The van der Waals surface area contributed by atoms with Crippen LogP contribution in [0.2, 0.25) is 0 Å². The molecule has 0 fully saturated rings. The van der Waals surface area contributed by atoms with E-state index in [9.17, 15) is 9.90 Å². The smallest absolute Gasteiger partial charge is 0.161 e. The molecule has 11 heavy (non-hydrogen) atoms. The number of ketones is 1. The topological polar surface area (TPSA) is 37.3 Å². The first-order valence-electron chi connectivity index (χ1n) is 3.80. The highest BCUT2D eigenvalue weighted by Crippen LogP contribution is 2.33. The van der Waals surface area contributed by atoms with Crippen molar-refractivity contribution < 1.29 is 9.90 Å². The van der Waals surface area contributed by atoms with Gasteiger partial charge in [-0.1, -0.05) is 13.8 Å². The van der Waals surface area contributed by atoms with Crippen molar-refractivity contribution in [1.29, 1.82) is 0 Å². The molecule has 1 N–H and O–H groups in total. The Morgan fingerprint density at radius 2 is 2.00 bits per heavy atom. The monoisotopic (exact) mass is 154 g/mol. The zero-order valence-corrected chi connectivity index (χ0v) is 7.22. The molecule has 1 unspecified atom stereocenters. The first-order chi connectivity index (χ1) is 4.83. The summed E-state index contributed by atoms with van der Waals surface area (Å²) < 4.78 is 0. The van der Waals surface area contributed by atoms with E-state index in [1.807, 2.05) is 13.8 Å². The van der Waals surface area contributed by atoms with Gasteiger partial charge in [0.25, 0.3) is 0 Å². The van der Waals surface area contributed by atoms with Crippen molar-refractivity contribution in [3.05, 3.63) is 12.2 Å². The van der Waals surface area contributed by atoms with Gasteiger partial charge in [0.2, 0.25) is 0 Å². The molecular weight excluding hydrogens is 140 g/mol. The third kappa shape index (κ3) is 1.69. The van der Waals surface area contributed by atoms with Crippen LogP contribution in [0.5, 0.6) is 0 Å². The maximum absolute atomic E-state index is 11.2. The van der Waals surface area contributed by atoms with Crippen molar-refractivity contribution in [2.24, 2.45) is 5.41 Å².